The van der Waals surface area contributed by atoms with Gasteiger partial charge in [0.15, 0.2) is 0 Å². The standard InChI is InChI=1S/C15H32N2/c1-8-10-17(11-9-2)14(4)13(3)12-16-15(5,6)7/h8,13-14,16H,1,9-12H2,2-7H3. The van der Waals surface area contributed by atoms with E-state index in [9.17, 15) is 0 Å². The van der Waals surface area contributed by atoms with E-state index in [4.69, 9.17) is 0 Å². The van der Waals surface area contributed by atoms with Gasteiger partial charge in [0.25, 0.3) is 0 Å². The molecule has 0 aromatic carbocycles. The maximum absolute atomic E-state index is 3.85. The lowest BCUT2D eigenvalue weighted by molar-refractivity contribution is 0.170. The monoisotopic (exact) mass is 240 g/mol. The highest BCUT2D eigenvalue weighted by atomic mass is 15.2. The number of hydrogen-bond donors (Lipinski definition) is 1. The van der Waals surface area contributed by atoms with E-state index in [1.54, 1.807) is 0 Å². The van der Waals surface area contributed by atoms with Crippen molar-refractivity contribution >= 4 is 0 Å². The Kier molecular flexibility index (Phi) is 7.73. The topological polar surface area (TPSA) is 15.3 Å². The molecule has 0 fully saturated rings. The minimum Gasteiger partial charge on any atom is -0.312 e. The van der Waals surface area contributed by atoms with Crippen molar-refractivity contribution < 1.29 is 0 Å². The normalized spacial score (nSPS) is 15.9. The van der Waals surface area contributed by atoms with Gasteiger partial charge >= 0.3 is 0 Å². The van der Waals surface area contributed by atoms with Crippen LogP contribution in [0.25, 0.3) is 0 Å². The fourth-order valence-corrected chi connectivity index (χ4v) is 1.91. The molecular weight excluding hydrogens is 208 g/mol. The van der Waals surface area contributed by atoms with Crippen molar-refractivity contribution in [1.29, 1.82) is 0 Å². The maximum atomic E-state index is 3.85. The highest BCUT2D eigenvalue weighted by Gasteiger charge is 2.20. The Balaban J connectivity index is 4.23. The maximum Gasteiger partial charge on any atom is 0.0163 e. The Bertz CT molecular complexity index is 205. The van der Waals surface area contributed by atoms with Crippen molar-refractivity contribution in [1.82, 2.24) is 10.2 Å². The van der Waals surface area contributed by atoms with E-state index in [-0.39, 0.29) is 5.54 Å². The van der Waals surface area contributed by atoms with Crippen molar-refractivity contribution in [2.75, 3.05) is 19.6 Å². The highest BCUT2D eigenvalue weighted by molar-refractivity contribution is 4.82. The van der Waals surface area contributed by atoms with Crippen LogP contribution >= 0.6 is 0 Å². The van der Waals surface area contributed by atoms with Crippen LogP contribution in [-0.4, -0.2) is 36.1 Å². The number of nitrogens with one attached hydrogen (secondary N) is 1. The lowest BCUT2D eigenvalue weighted by atomic mass is 9.99. The molecule has 0 saturated heterocycles. The summed E-state index contributed by atoms with van der Waals surface area (Å²) in [6.07, 6.45) is 3.22. The van der Waals surface area contributed by atoms with Crippen LogP contribution in [0.3, 0.4) is 0 Å². The summed E-state index contributed by atoms with van der Waals surface area (Å²) in [6, 6.07) is 0.600. The Morgan fingerprint density at radius 3 is 2.29 bits per heavy atom. The molecule has 0 aliphatic heterocycles. The molecule has 0 saturated carbocycles. The molecular formula is C15H32N2. The summed E-state index contributed by atoms with van der Waals surface area (Å²) >= 11 is 0. The van der Waals surface area contributed by atoms with Gasteiger partial charge in [0.05, 0.1) is 0 Å². The van der Waals surface area contributed by atoms with Gasteiger partial charge in [-0.2, -0.15) is 0 Å². The molecule has 0 radical (unpaired) electrons. The highest BCUT2D eigenvalue weighted by Crippen LogP contribution is 2.12. The van der Waals surface area contributed by atoms with Gasteiger partial charge in [-0.1, -0.05) is 19.9 Å². The predicted octanol–water partition coefficient (Wildman–Crippen LogP) is 3.30. The van der Waals surface area contributed by atoms with Gasteiger partial charge < -0.3 is 5.32 Å². The van der Waals surface area contributed by atoms with E-state index in [1.807, 2.05) is 6.08 Å². The first kappa shape index (κ1) is 16.7. The predicted molar refractivity (Wildman–Crippen MR) is 78.4 cm³/mol. The van der Waals surface area contributed by atoms with Crippen LogP contribution in [0.4, 0.5) is 0 Å². The second kappa shape index (κ2) is 7.88. The third-order valence-corrected chi connectivity index (χ3v) is 3.23. The van der Waals surface area contributed by atoms with E-state index in [0.29, 0.717) is 12.0 Å². The molecule has 0 rings (SSSR count). The third-order valence-electron chi connectivity index (χ3n) is 3.23. The van der Waals surface area contributed by atoms with Crippen LogP contribution in [-0.2, 0) is 0 Å². The van der Waals surface area contributed by atoms with Crippen molar-refractivity contribution in [3.8, 4) is 0 Å². The molecule has 102 valence electrons. The first-order valence-corrected chi connectivity index (χ1v) is 6.91. The minimum absolute atomic E-state index is 0.210. The second-order valence-electron chi connectivity index (χ2n) is 6.13. The molecule has 17 heavy (non-hydrogen) atoms. The van der Waals surface area contributed by atoms with Crippen molar-refractivity contribution in [3.63, 3.8) is 0 Å². The molecule has 0 heterocycles. The van der Waals surface area contributed by atoms with Crippen molar-refractivity contribution in [3.05, 3.63) is 12.7 Å². The van der Waals surface area contributed by atoms with Crippen LogP contribution in [0.2, 0.25) is 0 Å². The summed E-state index contributed by atoms with van der Waals surface area (Å²) in [4.78, 5) is 2.52. The fourth-order valence-electron chi connectivity index (χ4n) is 1.91. The van der Waals surface area contributed by atoms with E-state index < -0.39 is 0 Å². The molecule has 0 spiro atoms. The van der Waals surface area contributed by atoms with Gasteiger partial charge in [-0.3, -0.25) is 4.90 Å². The van der Waals surface area contributed by atoms with Gasteiger partial charge in [-0.25, -0.2) is 0 Å². The Morgan fingerprint density at radius 1 is 1.29 bits per heavy atom. The van der Waals surface area contributed by atoms with Crippen LogP contribution < -0.4 is 5.32 Å². The van der Waals surface area contributed by atoms with Crippen LogP contribution in [0.5, 0.6) is 0 Å². The molecule has 0 aromatic heterocycles. The summed E-state index contributed by atoms with van der Waals surface area (Å²) in [5.74, 6) is 0.653. The molecule has 2 atom stereocenters. The Morgan fingerprint density at radius 2 is 1.88 bits per heavy atom. The molecule has 2 nitrogen and oxygen atoms in total. The molecule has 2 heteroatoms. The first-order chi connectivity index (χ1) is 7.81. The largest absolute Gasteiger partial charge is 0.312 e. The Hall–Kier alpha value is -0.340. The molecule has 0 aliphatic carbocycles. The lowest BCUT2D eigenvalue weighted by Crippen LogP contribution is -2.45. The average Bonchev–Trinajstić information content (AvgIpc) is 2.23. The van der Waals surface area contributed by atoms with Gasteiger partial charge in [0, 0.05) is 18.1 Å². The zero-order valence-electron chi connectivity index (χ0n) is 12.7. The quantitative estimate of drug-likeness (QED) is 0.655. The molecule has 0 bridgehead atoms. The van der Waals surface area contributed by atoms with Crippen molar-refractivity contribution in [2.45, 2.75) is 59.5 Å². The molecule has 0 aromatic rings. The van der Waals surface area contributed by atoms with E-state index in [0.717, 1.165) is 19.6 Å². The molecule has 2 unspecified atom stereocenters. The minimum atomic E-state index is 0.210. The van der Waals surface area contributed by atoms with Crippen LogP contribution in [0.1, 0.15) is 48.0 Å². The van der Waals surface area contributed by atoms with Crippen LogP contribution in [0, 0.1) is 5.92 Å². The number of rotatable bonds is 8. The van der Waals surface area contributed by atoms with E-state index >= 15 is 0 Å². The number of hydrogen-bond acceptors (Lipinski definition) is 2. The molecule has 0 amide bonds. The summed E-state index contributed by atoms with van der Waals surface area (Å²) in [7, 11) is 0. The third kappa shape index (κ3) is 7.56. The molecule has 0 aliphatic rings. The first-order valence-electron chi connectivity index (χ1n) is 6.91. The zero-order chi connectivity index (χ0) is 13.5. The molecule has 1 N–H and O–H groups in total. The zero-order valence-corrected chi connectivity index (χ0v) is 12.7. The van der Waals surface area contributed by atoms with Gasteiger partial charge in [-0.15, -0.1) is 6.58 Å². The summed E-state index contributed by atoms with van der Waals surface area (Å²) < 4.78 is 0. The SMILES string of the molecule is C=CCN(CCC)C(C)C(C)CNC(C)(C)C. The fraction of sp³-hybridized carbons (Fsp3) is 0.867. The van der Waals surface area contributed by atoms with E-state index in [1.165, 1.54) is 6.42 Å². The lowest BCUT2D eigenvalue weighted by Gasteiger charge is -2.34. The van der Waals surface area contributed by atoms with E-state index in [2.05, 4.69) is 58.3 Å². The average molecular weight is 240 g/mol. The summed E-state index contributed by atoms with van der Waals surface area (Å²) in [5, 5.41) is 3.59. The van der Waals surface area contributed by atoms with Gasteiger partial charge in [0.2, 0.25) is 0 Å². The van der Waals surface area contributed by atoms with Gasteiger partial charge in [0.1, 0.15) is 0 Å². The van der Waals surface area contributed by atoms with Crippen LogP contribution in [0.15, 0.2) is 12.7 Å². The Labute approximate surface area is 108 Å². The smallest absolute Gasteiger partial charge is 0.0163 e. The van der Waals surface area contributed by atoms with Gasteiger partial charge in [-0.05, 0) is 53.1 Å². The second-order valence-corrected chi connectivity index (χ2v) is 6.13. The van der Waals surface area contributed by atoms with Crippen molar-refractivity contribution in [2.24, 2.45) is 5.92 Å². The summed E-state index contributed by atoms with van der Waals surface area (Å²) in [5.41, 5.74) is 0.210. The number of nitrogens with zero attached hydrogens (tertiary/aromatic N) is 1. The summed E-state index contributed by atoms with van der Waals surface area (Å²) in [6.45, 7) is 20.6.